The molecule has 0 atom stereocenters. The highest BCUT2D eigenvalue weighted by Crippen LogP contribution is 2.24. The number of carbonyl (C=O) groups is 1. The van der Waals surface area contributed by atoms with Crippen LogP contribution < -0.4 is 10.5 Å². The minimum Gasteiger partial charge on any atom is -0.487 e. The molecule has 0 bridgehead atoms. The SMILES string of the molecule is Nc1ccc(C(=O)O)cc1OCc1ccc(Cl)c(F)c1. The zero-order chi connectivity index (χ0) is 14.7. The molecular formula is C14H11ClFNO3. The third kappa shape index (κ3) is 3.19. The summed E-state index contributed by atoms with van der Waals surface area (Å²) >= 11 is 5.58. The molecule has 4 nitrogen and oxygen atoms in total. The van der Waals surface area contributed by atoms with E-state index >= 15 is 0 Å². The van der Waals surface area contributed by atoms with Gasteiger partial charge in [-0.1, -0.05) is 17.7 Å². The van der Waals surface area contributed by atoms with Gasteiger partial charge in [-0.2, -0.15) is 0 Å². The first-order valence-corrected chi connectivity index (χ1v) is 6.04. The van der Waals surface area contributed by atoms with E-state index in [9.17, 15) is 9.18 Å². The van der Waals surface area contributed by atoms with Crippen molar-refractivity contribution >= 4 is 23.3 Å². The van der Waals surface area contributed by atoms with Gasteiger partial charge in [0.1, 0.15) is 18.2 Å². The smallest absolute Gasteiger partial charge is 0.335 e. The molecule has 0 radical (unpaired) electrons. The van der Waals surface area contributed by atoms with E-state index < -0.39 is 11.8 Å². The molecule has 2 aromatic rings. The van der Waals surface area contributed by atoms with Crippen LogP contribution in [0.4, 0.5) is 10.1 Å². The number of nitrogen functional groups attached to an aromatic ring is 1. The molecule has 0 unspecified atom stereocenters. The van der Waals surface area contributed by atoms with Crippen LogP contribution in [0.5, 0.6) is 5.75 Å². The van der Waals surface area contributed by atoms with E-state index in [4.69, 9.17) is 27.2 Å². The molecule has 104 valence electrons. The number of benzene rings is 2. The molecule has 0 spiro atoms. The summed E-state index contributed by atoms with van der Waals surface area (Å²) in [6.07, 6.45) is 0. The lowest BCUT2D eigenvalue weighted by Crippen LogP contribution is -2.02. The van der Waals surface area contributed by atoms with Crippen molar-refractivity contribution in [3.8, 4) is 5.75 Å². The fraction of sp³-hybridized carbons (Fsp3) is 0.0714. The van der Waals surface area contributed by atoms with Gasteiger partial charge in [0.25, 0.3) is 0 Å². The standard InChI is InChI=1S/C14H11ClFNO3/c15-10-3-1-8(5-11(10)16)7-20-13-6-9(14(18)19)2-4-12(13)17/h1-6H,7,17H2,(H,18,19). The third-order valence-electron chi connectivity index (χ3n) is 2.64. The highest BCUT2D eigenvalue weighted by Gasteiger charge is 2.08. The first-order valence-electron chi connectivity index (χ1n) is 5.67. The zero-order valence-corrected chi connectivity index (χ0v) is 11.0. The summed E-state index contributed by atoms with van der Waals surface area (Å²) in [6, 6.07) is 8.44. The third-order valence-corrected chi connectivity index (χ3v) is 2.95. The van der Waals surface area contributed by atoms with Crippen molar-refractivity contribution in [3.05, 3.63) is 58.4 Å². The van der Waals surface area contributed by atoms with Crippen LogP contribution in [0, 0.1) is 5.82 Å². The lowest BCUT2D eigenvalue weighted by Gasteiger charge is -2.10. The summed E-state index contributed by atoms with van der Waals surface area (Å²) in [5.41, 5.74) is 6.63. The minimum atomic E-state index is -1.08. The topological polar surface area (TPSA) is 72.6 Å². The minimum absolute atomic E-state index is 0.0288. The Balaban J connectivity index is 2.15. The van der Waals surface area contributed by atoms with Gasteiger partial charge in [-0.25, -0.2) is 9.18 Å². The Morgan fingerprint density at radius 2 is 2.05 bits per heavy atom. The highest BCUT2D eigenvalue weighted by molar-refractivity contribution is 6.30. The number of halogens is 2. The Morgan fingerprint density at radius 1 is 1.30 bits per heavy atom. The average Bonchev–Trinajstić information content (AvgIpc) is 2.41. The van der Waals surface area contributed by atoms with Crippen LogP contribution in [0.25, 0.3) is 0 Å². The molecule has 0 saturated carbocycles. The normalized spacial score (nSPS) is 10.3. The highest BCUT2D eigenvalue weighted by atomic mass is 35.5. The number of hydrogen-bond donors (Lipinski definition) is 2. The predicted octanol–water partition coefficient (Wildman–Crippen LogP) is 3.34. The molecule has 0 saturated heterocycles. The molecule has 0 amide bonds. The molecule has 0 aromatic heterocycles. The quantitative estimate of drug-likeness (QED) is 0.849. The number of nitrogens with two attached hydrogens (primary N) is 1. The summed E-state index contributed by atoms with van der Waals surface area (Å²) in [5, 5.41) is 8.92. The van der Waals surface area contributed by atoms with Crippen molar-refractivity contribution in [1.82, 2.24) is 0 Å². The summed E-state index contributed by atoms with van der Waals surface area (Å²) in [4.78, 5) is 10.9. The molecule has 0 fully saturated rings. The van der Waals surface area contributed by atoms with Crippen LogP contribution in [0.1, 0.15) is 15.9 Å². The van der Waals surface area contributed by atoms with E-state index in [1.54, 1.807) is 6.07 Å². The lowest BCUT2D eigenvalue weighted by molar-refractivity contribution is 0.0696. The Labute approximate surface area is 119 Å². The second-order valence-corrected chi connectivity index (χ2v) is 4.50. The maximum absolute atomic E-state index is 13.3. The Hall–Kier alpha value is -2.27. The number of anilines is 1. The molecule has 0 aliphatic rings. The number of carboxylic acid groups (broad SMARTS) is 1. The first-order chi connectivity index (χ1) is 9.47. The van der Waals surface area contributed by atoms with Gasteiger partial charge in [-0.3, -0.25) is 0 Å². The number of aromatic carboxylic acids is 1. The second kappa shape index (κ2) is 5.79. The monoisotopic (exact) mass is 295 g/mol. The van der Waals surface area contributed by atoms with E-state index in [2.05, 4.69) is 0 Å². The molecule has 6 heteroatoms. The first kappa shape index (κ1) is 14.1. The molecular weight excluding hydrogens is 285 g/mol. The predicted molar refractivity (Wildman–Crippen MR) is 73.6 cm³/mol. The van der Waals surface area contributed by atoms with E-state index in [1.165, 1.54) is 30.3 Å². The molecule has 0 aliphatic carbocycles. The largest absolute Gasteiger partial charge is 0.487 e. The molecule has 0 heterocycles. The van der Waals surface area contributed by atoms with Crippen molar-refractivity contribution in [2.45, 2.75) is 6.61 Å². The van der Waals surface area contributed by atoms with E-state index in [-0.39, 0.29) is 22.9 Å². The van der Waals surface area contributed by atoms with Crippen molar-refractivity contribution in [2.24, 2.45) is 0 Å². The zero-order valence-electron chi connectivity index (χ0n) is 10.3. The van der Waals surface area contributed by atoms with Crippen molar-refractivity contribution in [1.29, 1.82) is 0 Å². The summed E-state index contributed by atoms with van der Waals surface area (Å²) < 4.78 is 18.7. The van der Waals surface area contributed by atoms with Gasteiger partial charge in [0, 0.05) is 0 Å². The van der Waals surface area contributed by atoms with Gasteiger partial charge in [0.15, 0.2) is 0 Å². The van der Waals surface area contributed by atoms with Crippen molar-refractivity contribution < 1.29 is 19.0 Å². The van der Waals surface area contributed by atoms with Gasteiger partial charge < -0.3 is 15.6 Å². The molecule has 3 N–H and O–H groups in total. The number of ether oxygens (including phenoxy) is 1. The van der Waals surface area contributed by atoms with Gasteiger partial charge in [0.05, 0.1) is 16.3 Å². The Kier molecular flexibility index (Phi) is 4.10. The molecule has 20 heavy (non-hydrogen) atoms. The van der Waals surface area contributed by atoms with E-state index in [0.29, 0.717) is 11.3 Å². The van der Waals surface area contributed by atoms with Gasteiger partial charge in [-0.15, -0.1) is 0 Å². The number of carboxylic acids is 1. The number of hydrogen-bond acceptors (Lipinski definition) is 3. The maximum atomic E-state index is 13.3. The number of rotatable bonds is 4. The maximum Gasteiger partial charge on any atom is 0.335 e. The Bertz CT molecular complexity index is 661. The molecule has 2 aromatic carbocycles. The van der Waals surface area contributed by atoms with Gasteiger partial charge in [-0.05, 0) is 35.9 Å². The molecule has 0 aliphatic heterocycles. The fourth-order valence-corrected chi connectivity index (χ4v) is 1.70. The van der Waals surface area contributed by atoms with Crippen molar-refractivity contribution in [3.63, 3.8) is 0 Å². The van der Waals surface area contributed by atoms with Crippen LogP contribution in [-0.4, -0.2) is 11.1 Å². The van der Waals surface area contributed by atoms with Gasteiger partial charge in [0.2, 0.25) is 0 Å². The van der Waals surface area contributed by atoms with Crippen LogP contribution in [0.2, 0.25) is 5.02 Å². The summed E-state index contributed by atoms with van der Waals surface area (Å²) in [7, 11) is 0. The Morgan fingerprint density at radius 3 is 2.70 bits per heavy atom. The van der Waals surface area contributed by atoms with Crippen LogP contribution in [0.15, 0.2) is 36.4 Å². The van der Waals surface area contributed by atoms with E-state index in [0.717, 1.165) is 0 Å². The van der Waals surface area contributed by atoms with Crippen LogP contribution >= 0.6 is 11.6 Å². The van der Waals surface area contributed by atoms with Gasteiger partial charge >= 0.3 is 5.97 Å². The van der Waals surface area contributed by atoms with E-state index in [1.807, 2.05) is 0 Å². The molecule has 2 rings (SSSR count). The van der Waals surface area contributed by atoms with Crippen molar-refractivity contribution in [2.75, 3.05) is 5.73 Å². The van der Waals surface area contributed by atoms with Crippen LogP contribution in [0.3, 0.4) is 0 Å². The second-order valence-electron chi connectivity index (χ2n) is 4.09. The average molecular weight is 296 g/mol. The van der Waals surface area contributed by atoms with Crippen LogP contribution in [-0.2, 0) is 6.61 Å². The fourth-order valence-electron chi connectivity index (χ4n) is 1.58. The summed E-state index contributed by atoms with van der Waals surface area (Å²) in [6.45, 7) is 0.0569. The summed E-state index contributed by atoms with van der Waals surface area (Å²) in [5.74, 6) is -1.38. The lowest BCUT2D eigenvalue weighted by atomic mass is 10.2.